The van der Waals surface area contributed by atoms with Crippen LogP contribution in [0.4, 0.5) is 5.69 Å². The molecule has 1 aromatic carbocycles. The predicted molar refractivity (Wildman–Crippen MR) is 76.5 cm³/mol. The lowest BCUT2D eigenvalue weighted by molar-refractivity contribution is 0.986. The third kappa shape index (κ3) is 3.45. The largest absolute Gasteiger partial charge is 0.379 e. The van der Waals surface area contributed by atoms with Gasteiger partial charge in [-0.2, -0.15) is 0 Å². The number of aromatic nitrogens is 1. The number of nitrogens with one attached hydrogen (secondary N) is 1. The van der Waals surface area contributed by atoms with Crippen LogP contribution < -0.4 is 5.32 Å². The van der Waals surface area contributed by atoms with Crippen molar-refractivity contribution < 1.29 is 0 Å². The number of anilines is 1. The first-order valence-electron chi connectivity index (χ1n) is 6.22. The van der Waals surface area contributed by atoms with Crippen LogP contribution in [0, 0.1) is 0 Å². The van der Waals surface area contributed by atoms with Crippen LogP contribution >= 0.6 is 0 Å². The van der Waals surface area contributed by atoms with Crippen molar-refractivity contribution in [3.05, 3.63) is 72.6 Å². The Bertz CT molecular complexity index is 491. The molecule has 0 aliphatic carbocycles. The summed E-state index contributed by atoms with van der Waals surface area (Å²) in [7, 11) is 0. The Balaban J connectivity index is 2.02. The molecule has 0 unspecified atom stereocenters. The van der Waals surface area contributed by atoms with Gasteiger partial charge in [-0.3, -0.25) is 4.98 Å². The maximum atomic E-state index is 4.31. The molecule has 0 radical (unpaired) electrons. The highest BCUT2D eigenvalue weighted by Crippen LogP contribution is 2.17. The van der Waals surface area contributed by atoms with Crippen molar-refractivity contribution in [2.75, 3.05) is 5.32 Å². The second-order valence-corrected chi connectivity index (χ2v) is 4.16. The van der Waals surface area contributed by atoms with E-state index in [4.69, 9.17) is 0 Å². The Morgan fingerprint density at radius 3 is 2.72 bits per heavy atom. The number of hydrogen-bond donors (Lipinski definition) is 1. The summed E-state index contributed by atoms with van der Waals surface area (Å²) in [6.45, 7) is 4.52. The zero-order valence-corrected chi connectivity index (χ0v) is 10.5. The van der Waals surface area contributed by atoms with Gasteiger partial charge in [0.05, 0.1) is 12.2 Å². The van der Waals surface area contributed by atoms with Crippen LogP contribution in [0.2, 0.25) is 0 Å². The fraction of sp³-hybridized carbons (Fsp3) is 0.188. The van der Waals surface area contributed by atoms with E-state index in [1.165, 1.54) is 11.3 Å². The van der Waals surface area contributed by atoms with Crippen LogP contribution in [0.5, 0.6) is 0 Å². The maximum absolute atomic E-state index is 4.31. The normalized spacial score (nSPS) is 10.0. The summed E-state index contributed by atoms with van der Waals surface area (Å²) in [5, 5.41) is 3.44. The summed E-state index contributed by atoms with van der Waals surface area (Å²) < 4.78 is 0. The number of allylic oxidation sites excluding steroid dienone is 1. The summed E-state index contributed by atoms with van der Waals surface area (Å²) >= 11 is 0. The molecule has 0 spiro atoms. The Morgan fingerprint density at radius 2 is 1.94 bits per heavy atom. The van der Waals surface area contributed by atoms with Crippen LogP contribution in [-0.4, -0.2) is 4.98 Å². The molecule has 1 aromatic heterocycles. The minimum absolute atomic E-state index is 0.756. The van der Waals surface area contributed by atoms with Crippen molar-refractivity contribution in [1.29, 1.82) is 0 Å². The molecule has 0 amide bonds. The van der Waals surface area contributed by atoms with Gasteiger partial charge in [0.1, 0.15) is 0 Å². The molecule has 92 valence electrons. The van der Waals surface area contributed by atoms with E-state index in [1.54, 1.807) is 0 Å². The second kappa shape index (κ2) is 6.60. The third-order valence-electron chi connectivity index (χ3n) is 2.82. The Kier molecular flexibility index (Phi) is 4.53. The van der Waals surface area contributed by atoms with E-state index in [0.717, 1.165) is 25.1 Å². The van der Waals surface area contributed by atoms with Gasteiger partial charge in [0.25, 0.3) is 0 Å². The SMILES string of the molecule is C=CCCc1ccccc1NCc1ccccn1. The van der Waals surface area contributed by atoms with Crippen LogP contribution in [0.15, 0.2) is 61.3 Å². The van der Waals surface area contributed by atoms with Crippen molar-refractivity contribution in [2.45, 2.75) is 19.4 Å². The zero-order valence-electron chi connectivity index (χ0n) is 10.5. The van der Waals surface area contributed by atoms with Gasteiger partial charge in [-0.05, 0) is 36.6 Å². The molecule has 0 aliphatic rings. The minimum Gasteiger partial charge on any atom is -0.379 e. The van der Waals surface area contributed by atoms with Gasteiger partial charge in [0.15, 0.2) is 0 Å². The Labute approximate surface area is 108 Å². The molecule has 1 N–H and O–H groups in total. The summed E-state index contributed by atoms with van der Waals surface area (Å²) in [5.74, 6) is 0. The van der Waals surface area contributed by atoms with Crippen LogP contribution in [0.3, 0.4) is 0 Å². The molecule has 18 heavy (non-hydrogen) atoms. The van der Waals surface area contributed by atoms with E-state index in [1.807, 2.05) is 30.5 Å². The average molecular weight is 238 g/mol. The van der Waals surface area contributed by atoms with E-state index in [-0.39, 0.29) is 0 Å². The van der Waals surface area contributed by atoms with Gasteiger partial charge in [0.2, 0.25) is 0 Å². The molecule has 0 aliphatic heterocycles. The average Bonchev–Trinajstić information content (AvgIpc) is 2.45. The molecule has 0 saturated carbocycles. The summed E-state index contributed by atoms with van der Waals surface area (Å²) in [5.41, 5.74) is 3.56. The predicted octanol–water partition coefficient (Wildman–Crippen LogP) is 3.81. The van der Waals surface area contributed by atoms with Crippen LogP contribution in [-0.2, 0) is 13.0 Å². The number of aryl methyl sites for hydroxylation is 1. The van der Waals surface area contributed by atoms with E-state index in [9.17, 15) is 0 Å². The monoisotopic (exact) mass is 238 g/mol. The van der Waals surface area contributed by atoms with Gasteiger partial charge >= 0.3 is 0 Å². The Morgan fingerprint density at radius 1 is 1.11 bits per heavy atom. The molecule has 2 heteroatoms. The van der Waals surface area contributed by atoms with Crippen molar-refractivity contribution in [2.24, 2.45) is 0 Å². The molecule has 0 fully saturated rings. The highest BCUT2D eigenvalue weighted by Gasteiger charge is 2.00. The summed E-state index contributed by atoms with van der Waals surface area (Å²) in [6.07, 6.45) is 5.80. The summed E-state index contributed by atoms with van der Waals surface area (Å²) in [4.78, 5) is 4.31. The fourth-order valence-corrected chi connectivity index (χ4v) is 1.86. The van der Waals surface area contributed by atoms with Crippen molar-refractivity contribution in [3.63, 3.8) is 0 Å². The van der Waals surface area contributed by atoms with E-state index >= 15 is 0 Å². The number of benzene rings is 1. The standard InChI is InChI=1S/C16H18N2/c1-2-3-8-14-9-4-5-11-16(14)18-13-15-10-6-7-12-17-15/h2,4-7,9-12,18H,1,3,8,13H2. The highest BCUT2D eigenvalue weighted by atomic mass is 14.9. The molecule has 0 bridgehead atoms. The Hall–Kier alpha value is -2.09. The number of nitrogens with zero attached hydrogens (tertiary/aromatic N) is 1. The lowest BCUT2D eigenvalue weighted by Gasteiger charge is -2.11. The number of pyridine rings is 1. The van der Waals surface area contributed by atoms with Gasteiger partial charge in [-0.1, -0.05) is 30.3 Å². The molecule has 2 rings (SSSR count). The van der Waals surface area contributed by atoms with E-state index < -0.39 is 0 Å². The van der Waals surface area contributed by atoms with Gasteiger partial charge in [0, 0.05) is 11.9 Å². The molecule has 0 atom stereocenters. The molecule has 2 nitrogen and oxygen atoms in total. The van der Waals surface area contributed by atoms with Crippen LogP contribution in [0.25, 0.3) is 0 Å². The highest BCUT2D eigenvalue weighted by molar-refractivity contribution is 5.51. The first kappa shape index (κ1) is 12.4. The lowest BCUT2D eigenvalue weighted by Crippen LogP contribution is -2.03. The minimum atomic E-state index is 0.756. The maximum Gasteiger partial charge on any atom is 0.0594 e. The first-order chi connectivity index (χ1) is 8.90. The van der Waals surface area contributed by atoms with Crippen LogP contribution in [0.1, 0.15) is 17.7 Å². The molecular formula is C16H18N2. The van der Waals surface area contributed by atoms with Gasteiger partial charge < -0.3 is 5.32 Å². The number of rotatable bonds is 6. The van der Waals surface area contributed by atoms with E-state index in [0.29, 0.717) is 0 Å². The zero-order chi connectivity index (χ0) is 12.6. The fourth-order valence-electron chi connectivity index (χ4n) is 1.86. The van der Waals surface area contributed by atoms with Gasteiger partial charge in [-0.25, -0.2) is 0 Å². The quantitative estimate of drug-likeness (QED) is 0.774. The number of para-hydroxylation sites is 1. The molecule has 0 saturated heterocycles. The number of hydrogen-bond acceptors (Lipinski definition) is 2. The third-order valence-corrected chi connectivity index (χ3v) is 2.82. The molecule has 2 aromatic rings. The first-order valence-corrected chi connectivity index (χ1v) is 6.22. The molecular weight excluding hydrogens is 220 g/mol. The van der Waals surface area contributed by atoms with Crippen molar-refractivity contribution >= 4 is 5.69 Å². The van der Waals surface area contributed by atoms with Crippen molar-refractivity contribution in [3.8, 4) is 0 Å². The second-order valence-electron chi connectivity index (χ2n) is 4.16. The lowest BCUT2D eigenvalue weighted by atomic mass is 10.1. The van der Waals surface area contributed by atoms with E-state index in [2.05, 4.69) is 41.1 Å². The van der Waals surface area contributed by atoms with Gasteiger partial charge in [-0.15, -0.1) is 6.58 Å². The topological polar surface area (TPSA) is 24.9 Å². The smallest absolute Gasteiger partial charge is 0.0594 e. The molecule has 1 heterocycles. The van der Waals surface area contributed by atoms with Crippen molar-refractivity contribution in [1.82, 2.24) is 4.98 Å². The summed E-state index contributed by atoms with van der Waals surface area (Å²) in [6, 6.07) is 14.4.